The van der Waals surface area contributed by atoms with Gasteiger partial charge in [0.25, 0.3) is 0 Å². The van der Waals surface area contributed by atoms with Gasteiger partial charge in [-0.2, -0.15) is 0 Å². The smallest absolute Gasteiger partial charge is 0.335 e. The van der Waals surface area contributed by atoms with Gasteiger partial charge in [-0.15, -0.1) is 0 Å². The van der Waals surface area contributed by atoms with Crippen LogP contribution in [-0.4, -0.2) is 37.4 Å². The van der Waals surface area contributed by atoms with Crippen LogP contribution >= 0.6 is 0 Å². The Labute approximate surface area is 85.0 Å². The standard InChI is InChI=1S/C10H19NO3/c1-4-8(9(12)13-5-2)14-10(3)6-11-7-10/h8,11H,4-7H2,1-3H3. The second kappa shape index (κ2) is 4.75. The first-order valence-electron chi connectivity index (χ1n) is 5.16. The molecule has 1 heterocycles. The first kappa shape index (κ1) is 11.5. The Hall–Kier alpha value is -0.610. The average molecular weight is 201 g/mol. The third-order valence-electron chi connectivity index (χ3n) is 2.34. The van der Waals surface area contributed by atoms with Crippen molar-refractivity contribution < 1.29 is 14.3 Å². The van der Waals surface area contributed by atoms with E-state index in [0.29, 0.717) is 13.0 Å². The molecule has 1 aliphatic rings. The largest absolute Gasteiger partial charge is 0.464 e. The minimum atomic E-state index is -0.415. The predicted octanol–water partition coefficient (Wildman–Crippen LogP) is 0.707. The average Bonchev–Trinajstić information content (AvgIpc) is 2.11. The summed E-state index contributed by atoms with van der Waals surface area (Å²) in [7, 11) is 0. The summed E-state index contributed by atoms with van der Waals surface area (Å²) in [6.45, 7) is 7.76. The first-order valence-corrected chi connectivity index (χ1v) is 5.16. The second-order valence-electron chi connectivity index (χ2n) is 3.82. The number of carbonyl (C=O) groups excluding carboxylic acids is 1. The molecule has 4 heteroatoms. The number of hydrogen-bond acceptors (Lipinski definition) is 4. The Bertz CT molecular complexity index is 202. The molecule has 1 fully saturated rings. The lowest BCUT2D eigenvalue weighted by Crippen LogP contribution is -2.60. The Morgan fingerprint density at radius 2 is 2.14 bits per heavy atom. The Morgan fingerprint density at radius 3 is 2.50 bits per heavy atom. The van der Waals surface area contributed by atoms with Crippen molar-refractivity contribution in [2.45, 2.75) is 38.9 Å². The van der Waals surface area contributed by atoms with Gasteiger partial charge in [0, 0.05) is 13.1 Å². The van der Waals surface area contributed by atoms with Crippen LogP contribution in [0.4, 0.5) is 0 Å². The molecule has 82 valence electrons. The number of esters is 1. The fourth-order valence-corrected chi connectivity index (χ4v) is 1.44. The first-order chi connectivity index (χ1) is 6.61. The van der Waals surface area contributed by atoms with Gasteiger partial charge < -0.3 is 14.8 Å². The van der Waals surface area contributed by atoms with Gasteiger partial charge in [0.05, 0.1) is 12.2 Å². The minimum Gasteiger partial charge on any atom is -0.464 e. The van der Waals surface area contributed by atoms with Crippen LogP contribution in [-0.2, 0) is 14.3 Å². The maximum atomic E-state index is 11.4. The zero-order valence-corrected chi connectivity index (χ0v) is 9.13. The van der Waals surface area contributed by atoms with Crippen molar-refractivity contribution in [3.8, 4) is 0 Å². The monoisotopic (exact) mass is 201 g/mol. The molecule has 0 aromatic carbocycles. The molecule has 1 N–H and O–H groups in total. The highest BCUT2D eigenvalue weighted by Gasteiger charge is 2.37. The Morgan fingerprint density at radius 1 is 1.50 bits per heavy atom. The zero-order chi connectivity index (χ0) is 10.6. The van der Waals surface area contributed by atoms with E-state index in [0.717, 1.165) is 13.1 Å². The molecular formula is C10H19NO3. The maximum Gasteiger partial charge on any atom is 0.335 e. The molecule has 1 unspecified atom stereocenters. The number of ether oxygens (including phenoxy) is 2. The lowest BCUT2D eigenvalue weighted by molar-refractivity contribution is -0.174. The van der Waals surface area contributed by atoms with Gasteiger partial charge in [0.1, 0.15) is 0 Å². The number of rotatable bonds is 5. The van der Waals surface area contributed by atoms with Crippen molar-refractivity contribution in [2.24, 2.45) is 0 Å². The van der Waals surface area contributed by atoms with Crippen molar-refractivity contribution >= 4 is 5.97 Å². The van der Waals surface area contributed by atoms with Crippen molar-refractivity contribution in [2.75, 3.05) is 19.7 Å². The van der Waals surface area contributed by atoms with E-state index in [1.807, 2.05) is 13.8 Å². The van der Waals surface area contributed by atoms with E-state index >= 15 is 0 Å². The van der Waals surface area contributed by atoms with Crippen molar-refractivity contribution in [3.63, 3.8) is 0 Å². The van der Waals surface area contributed by atoms with E-state index in [-0.39, 0.29) is 11.6 Å². The van der Waals surface area contributed by atoms with Crippen molar-refractivity contribution in [3.05, 3.63) is 0 Å². The SMILES string of the molecule is CCOC(=O)C(CC)OC1(C)CNC1. The molecule has 1 saturated heterocycles. The number of nitrogens with one attached hydrogen (secondary N) is 1. The summed E-state index contributed by atoms with van der Waals surface area (Å²) >= 11 is 0. The summed E-state index contributed by atoms with van der Waals surface area (Å²) in [5.41, 5.74) is -0.187. The lowest BCUT2D eigenvalue weighted by atomic mass is 9.99. The topological polar surface area (TPSA) is 47.6 Å². The van der Waals surface area contributed by atoms with E-state index in [1.165, 1.54) is 0 Å². The highest BCUT2D eigenvalue weighted by atomic mass is 16.6. The van der Waals surface area contributed by atoms with E-state index in [2.05, 4.69) is 5.32 Å². The van der Waals surface area contributed by atoms with Crippen molar-refractivity contribution in [1.82, 2.24) is 5.32 Å². The molecule has 0 aromatic rings. The van der Waals surface area contributed by atoms with Gasteiger partial charge in [0.2, 0.25) is 0 Å². The van der Waals surface area contributed by atoms with Gasteiger partial charge in [-0.25, -0.2) is 4.79 Å². The molecule has 0 saturated carbocycles. The van der Waals surface area contributed by atoms with Crippen LogP contribution in [0.15, 0.2) is 0 Å². The fraction of sp³-hybridized carbons (Fsp3) is 0.900. The van der Waals surface area contributed by atoms with Crippen LogP contribution in [0.2, 0.25) is 0 Å². The molecule has 0 spiro atoms. The van der Waals surface area contributed by atoms with E-state index in [4.69, 9.17) is 9.47 Å². The molecule has 0 amide bonds. The fourth-order valence-electron chi connectivity index (χ4n) is 1.44. The minimum absolute atomic E-state index is 0.187. The number of carbonyl (C=O) groups is 1. The highest BCUT2D eigenvalue weighted by Crippen LogP contribution is 2.19. The van der Waals surface area contributed by atoms with Gasteiger partial charge in [-0.3, -0.25) is 0 Å². The van der Waals surface area contributed by atoms with Crippen LogP contribution in [0.5, 0.6) is 0 Å². The van der Waals surface area contributed by atoms with Crippen molar-refractivity contribution in [1.29, 1.82) is 0 Å². The third-order valence-corrected chi connectivity index (χ3v) is 2.34. The predicted molar refractivity (Wildman–Crippen MR) is 53.1 cm³/mol. The molecule has 0 aromatic heterocycles. The van der Waals surface area contributed by atoms with E-state index < -0.39 is 6.10 Å². The second-order valence-corrected chi connectivity index (χ2v) is 3.82. The molecule has 1 rings (SSSR count). The van der Waals surface area contributed by atoms with E-state index in [1.54, 1.807) is 6.92 Å². The van der Waals surface area contributed by atoms with Crippen LogP contribution in [0, 0.1) is 0 Å². The molecule has 1 aliphatic heterocycles. The van der Waals surface area contributed by atoms with Gasteiger partial charge in [-0.05, 0) is 20.3 Å². The molecular weight excluding hydrogens is 182 g/mol. The Kier molecular flexibility index (Phi) is 3.89. The van der Waals surface area contributed by atoms with Crippen LogP contribution < -0.4 is 5.32 Å². The summed E-state index contributed by atoms with van der Waals surface area (Å²) in [6.07, 6.45) is 0.246. The summed E-state index contributed by atoms with van der Waals surface area (Å²) in [4.78, 5) is 11.4. The molecule has 14 heavy (non-hydrogen) atoms. The zero-order valence-electron chi connectivity index (χ0n) is 9.13. The summed E-state index contributed by atoms with van der Waals surface area (Å²) in [5, 5.41) is 3.12. The normalized spacial score (nSPS) is 21.1. The maximum absolute atomic E-state index is 11.4. The summed E-state index contributed by atoms with van der Waals surface area (Å²) < 4.78 is 10.6. The van der Waals surface area contributed by atoms with Crippen LogP contribution in [0.1, 0.15) is 27.2 Å². The summed E-state index contributed by atoms with van der Waals surface area (Å²) in [6, 6.07) is 0. The van der Waals surface area contributed by atoms with Gasteiger partial charge in [0.15, 0.2) is 6.10 Å². The molecule has 4 nitrogen and oxygen atoms in total. The summed E-state index contributed by atoms with van der Waals surface area (Å²) in [5.74, 6) is -0.247. The molecule has 1 atom stereocenters. The quantitative estimate of drug-likeness (QED) is 0.665. The number of hydrogen-bond donors (Lipinski definition) is 1. The highest BCUT2D eigenvalue weighted by molar-refractivity contribution is 5.74. The van der Waals surface area contributed by atoms with Crippen LogP contribution in [0.25, 0.3) is 0 Å². The molecule has 0 aliphatic carbocycles. The van der Waals surface area contributed by atoms with E-state index in [9.17, 15) is 4.79 Å². The third kappa shape index (κ3) is 2.69. The molecule has 0 bridgehead atoms. The van der Waals surface area contributed by atoms with Gasteiger partial charge >= 0.3 is 5.97 Å². The Balaban J connectivity index is 2.41. The molecule has 0 radical (unpaired) electrons. The lowest BCUT2D eigenvalue weighted by Gasteiger charge is -2.40. The van der Waals surface area contributed by atoms with Gasteiger partial charge in [-0.1, -0.05) is 6.92 Å². The van der Waals surface area contributed by atoms with Crippen LogP contribution in [0.3, 0.4) is 0 Å².